The van der Waals surface area contributed by atoms with Gasteiger partial charge in [0, 0.05) is 24.1 Å². The van der Waals surface area contributed by atoms with Gasteiger partial charge < -0.3 is 10.1 Å². The molecule has 8 heteroatoms. The highest BCUT2D eigenvalue weighted by atomic mass is 16.5. The van der Waals surface area contributed by atoms with E-state index in [4.69, 9.17) is 4.74 Å². The third-order valence-corrected chi connectivity index (χ3v) is 4.17. The Balaban J connectivity index is 1.61. The Labute approximate surface area is 175 Å². The molecule has 0 unspecified atom stereocenters. The van der Waals surface area contributed by atoms with Crippen LogP contribution in [0.3, 0.4) is 0 Å². The lowest BCUT2D eigenvalue weighted by molar-refractivity contribution is -0.147. The van der Waals surface area contributed by atoms with Gasteiger partial charge >= 0.3 is 5.97 Å². The number of rotatable bonds is 8. The van der Waals surface area contributed by atoms with E-state index in [0.717, 1.165) is 11.1 Å². The summed E-state index contributed by atoms with van der Waals surface area (Å²) in [7, 11) is 0. The molecule has 3 N–H and O–H groups in total. The van der Waals surface area contributed by atoms with Crippen molar-refractivity contribution in [1.82, 2.24) is 10.9 Å². The van der Waals surface area contributed by atoms with Gasteiger partial charge in [-0.25, -0.2) is 0 Å². The third kappa shape index (κ3) is 7.75. The molecular weight excluding hydrogens is 386 g/mol. The number of ether oxygens (including phenoxy) is 1. The first-order valence-electron chi connectivity index (χ1n) is 9.52. The molecule has 0 aliphatic carbocycles. The maximum atomic E-state index is 11.9. The van der Waals surface area contributed by atoms with E-state index in [1.54, 1.807) is 30.3 Å². The van der Waals surface area contributed by atoms with Crippen LogP contribution in [0.25, 0.3) is 0 Å². The van der Waals surface area contributed by atoms with E-state index in [2.05, 4.69) is 16.2 Å². The number of hydrogen-bond donors (Lipinski definition) is 3. The molecule has 0 saturated heterocycles. The molecule has 0 radical (unpaired) electrons. The van der Waals surface area contributed by atoms with E-state index in [1.807, 2.05) is 32.0 Å². The average Bonchev–Trinajstić information content (AvgIpc) is 2.73. The molecule has 0 bridgehead atoms. The van der Waals surface area contributed by atoms with E-state index in [-0.39, 0.29) is 19.3 Å². The topological polar surface area (TPSA) is 114 Å². The molecule has 8 nitrogen and oxygen atoms in total. The molecule has 2 aromatic carbocycles. The Morgan fingerprint density at radius 3 is 2.33 bits per heavy atom. The highest BCUT2D eigenvalue weighted by Crippen LogP contribution is 2.16. The zero-order valence-corrected chi connectivity index (χ0v) is 17.0. The normalized spacial score (nSPS) is 10.1. The molecule has 0 saturated carbocycles. The summed E-state index contributed by atoms with van der Waals surface area (Å²) in [5, 5.41) is 2.70. The molecule has 2 rings (SSSR count). The summed E-state index contributed by atoms with van der Waals surface area (Å²) in [5.41, 5.74) is 7.59. The predicted molar refractivity (Wildman–Crippen MR) is 111 cm³/mol. The lowest BCUT2D eigenvalue weighted by Gasteiger charge is -2.10. The summed E-state index contributed by atoms with van der Waals surface area (Å²) < 4.78 is 4.93. The van der Waals surface area contributed by atoms with Crippen LogP contribution in [0.5, 0.6) is 0 Å². The van der Waals surface area contributed by atoms with Crippen molar-refractivity contribution in [1.29, 1.82) is 0 Å². The molecule has 158 valence electrons. The Bertz CT molecular complexity index is 912. The Kier molecular flexibility index (Phi) is 8.56. The second kappa shape index (κ2) is 11.4. The zero-order chi connectivity index (χ0) is 21.9. The summed E-state index contributed by atoms with van der Waals surface area (Å²) in [6.07, 6.45) is 0.236. The standard InChI is InChI=1S/C22H25N3O5/c1-15-11-12-16(2)18(13-15)23-20(27)14-30-21(28)10-6-9-19(26)24-25-22(29)17-7-4-3-5-8-17/h3-5,7-8,11-13H,6,9-10,14H2,1-2H3,(H,23,27)(H,24,26)(H,25,29). The predicted octanol–water partition coefficient (Wildman–Crippen LogP) is 2.42. The third-order valence-electron chi connectivity index (χ3n) is 4.17. The van der Waals surface area contributed by atoms with Crippen LogP contribution in [0.1, 0.15) is 40.7 Å². The lowest BCUT2D eigenvalue weighted by Crippen LogP contribution is -2.41. The van der Waals surface area contributed by atoms with Crippen molar-refractivity contribution in [3.63, 3.8) is 0 Å². The van der Waals surface area contributed by atoms with Crippen LogP contribution in [0.4, 0.5) is 5.69 Å². The molecule has 3 amide bonds. The number of benzene rings is 2. The summed E-state index contributed by atoms with van der Waals surface area (Å²) >= 11 is 0. The summed E-state index contributed by atoms with van der Waals surface area (Å²) in [6.45, 7) is 3.39. The lowest BCUT2D eigenvalue weighted by atomic mass is 10.1. The van der Waals surface area contributed by atoms with E-state index < -0.39 is 30.3 Å². The van der Waals surface area contributed by atoms with Crippen LogP contribution in [0.2, 0.25) is 0 Å². The van der Waals surface area contributed by atoms with Crippen molar-refractivity contribution in [3.8, 4) is 0 Å². The van der Waals surface area contributed by atoms with Crippen LogP contribution < -0.4 is 16.2 Å². The zero-order valence-electron chi connectivity index (χ0n) is 17.0. The molecule has 0 spiro atoms. The van der Waals surface area contributed by atoms with E-state index in [1.165, 1.54) is 0 Å². The number of carbonyl (C=O) groups excluding carboxylic acids is 4. The van der Waals surface area contributed by atoms with Crippen LogP contribution in [0, 0.1) is 13.8 Å². The Morgan fingerprint density at radius 1 is 0.867 bits per heavy atom. The first-order valence-corrected chi connectivity index (χ1v) is 9.52. The fourth-order valence-corrected chi connectivity index (χ4v) is 2.52. The van der Waals surface area contributed by atoms with Gasteiger partial charge in [-0.05, 0) is 49.6 Å². The molecule has 30 heavy (non-hydrogen) atoms. The van der Waals surface area contributed by atoms with Crippen molar-refractivity contribution in [2.75, 3.05) is 11.9 Å². The van der Waals surface area contributed by atoms with Crippen LogP contribution in [-0.4, -0.2) is 30.3 Å². The number of nitrogens with one attached hydrogen (secondary N) is 3. The smallest absolute Gasteiger partial charge is 0.306 e. The number of hydrogen-bond acceptors (Lipinski definition) is 5. The molecule has 0 aliphatic rings. The van der Waals surface area contributed by atoms with Crippen LogP contribution in [-0.2, 0) is 19.1 Å². The molecule has 0 fully saturated rings. The number of aryl methyl sites for hydroxylation is 2. The molecule has 0 heterocycles. The van der Waals surface area contributed by atoms with Crippen molar-refractivity contribution in [3.05, 3.63) is 65.2 Å². The first kappa shape index (κ1) is 22.6. The van der Waals surface area contributed by atoms with Crippen LogP contribution >= 0.6 is 0 Å². The number of esters is 1. The average molecular weight is 411 g/mol. The maximum absolute atomic E-state index is 11.9. The minimum Gasteiger partial charge on any atom is -0.456 e. The van der Waals surface area contributed by atoms with Gasteiger partial charge in [0.15, 0.2) is 6.61 Å². The minimum absolute atomic E-state index is 0.0171. The number of carbonyl (C=O) groups is 4. The Hall–Kier alpha value is -3.68. The monoisotopic (exact) mass is 411 g/mol. The van der Waals surface area contributed by atoms with E-state index in [0.29, 0.717) is 11.3 Å². The fraction of sp³-hybridized carbons (Fsp3) is 0.273. The summed E-state index contributed by atoms with van der Waals surface area (Å²) in [5.74, 6) is -1.87. The fourth-order valence-electron chi connectivity index (χ4n) is 2.52. The first-order chi connectivity index (χ1) is 14.3. The van der Waals surface area contributed by atoms with Gasteiger partial charge in [-0.1, -0.05) is 30.3 Å². The van der Waals surface area contributed by atoms with Crippen LogP contribution in [0.15, 0.2) is 48.5 Å². The van der Waals surface area contributed by atoms with Gasteiger partial charge in [-0.2, -0.15) is 0 Å². The van der Waals surface area contributed by atoms with Crippen molar-refractivity contribution in [2.24, 2.45) is 0 Å². The maximum Gasteiger partial charge on any atom is 0.306 e. The van der Waals surface area contributed by atoms with Crippen molar-refractivity contribution >= 4 is 29.4 Å². The van der Waals surface area contributed by atoms with Gasteiger partial charge in [0.1, 0.15) is 0 Å². The van der Waals surface area contributed by atoms with Crippen molar-refractivity contribution < 1.29 is 23.9 Å². The SMILES string of the molecule is Cc1ccc(C)c(NC(=O)COC(=O)CCCC(=O)NNC(=O)c2ccccc2)c1. The highest BCUT2D eigenvalue weighted by Gasteiger charge is 2.11. The van der Waals surface area contributed by atoms with Gasteiger partial charge in [0.2, 0.25) is 5.91 Å². The Morgan fingerprint density at radius 2 is 1.60 bits per heavy atom. The summed E-state index contributed by atoms with van der Waals surface area (Å²) in [4.78, 5) is 47.2. The molecule has 2 aromatic rings. The number of anilines is 1. The quantitative estimate of drug-likeness (QED) is 0.456. The van der Waals surface area contributed by atoms with Gasteiger partial charge in [-0.15, -0.1) is 0 Å². The second-order valence-corrected chi connectivity index (χ2v) is 6.75. The summed E-state index contributed by atoms with van der Waals surface area (Å²) in [6, 6.07) is 14.1. The minimum atomic E-state index is -0.577. The van der Waals surface area contributed by atoms with Gasteiger partial charge in [0.25, 0.3) is 11.8 Å². The molecule has 0 aliphatic heterocycles. The molecular formula is C22H25N3O5. The van der Waals surface area contributed by atoms with Gasteiger partial charge in [0.05, 0.1) is 0 Å². The largest absolute Gasteiger partial charge is 0.456 e. The number of hydrazine groups is 1. The molecule has 0 aromatic heterocycles. The number of amides is 3. The van der Waals surface area contributed by atoms with Gasteiger partial charge in [-0.3, -0.25) is 30.0 Å². The highest BCUT2D eigenvalue weighted by molar-refractivity contribution is 5.95. The molecule has 0 atom stereocenters. The van der Waals surface area contributed by atoms with E-state index >= 15 is 0 Å². The second-order valence-electron chi connectivity index (χ2n) is 6.75. The van der Waals surface area contributed by atoms with E-state index in [9.17, 15) is 19.2 Å². The van der Waals surface area contributed by atoms with Crippen molar-refractivity contribution in [2.45, 2.75) is 33.1 Å².